The van der Waals surface area contributed by atoms with Crippen molar-refractivity contribution in [1.29, 1.82) is 0 Å². The average Bonchev–Trinajstić information content (AvgIpc) is 3.00. The van der Waals surface area contributed by atoms with Crippen molar-refractivity contribution in [2.45, 2.75) is 43.5 Å². The Morgan fingerprint density at radius 1 is 1.37 bits per heavy atom. The number of carbonyl (C=O) groups excluding carboxylic acids is 1. The van der Waals surface area contributed by atoms with Crippen LogP contribution in [0.1, 0.15) is 30.7 Å². The Kier molecular flexibility index (Phi) is 5.06. The van der Waals surface area contributed by atoms with Gasteiger partial charge < -0.3 is 10.3 Å². The molecule has 0 saturated heterocycles. The van der Waals surface area contributed by atoms with E-state index in [2.05, 4.69) is 22.2 Å². The van der Waals surface area contributed by atoms with Gasteiger partial charge in [-0.2, -0.15) is 0 Å². The second-order valence-electron chi connectivity index (χ2n) is 7.02. The molecule has 1 aliphatic rings. The molecule has 0 spiro atoms. The maximum atomic E-state index is 12.7. The van der Waals surface area contributed by atoms with Crippen molar-refractivity contribution in [3.05, 3.63) is 51.1 Å². The summed E-state index contributed by atoms with van der Waals surface area (Å²) in [4.78, 5) is 34.7. The fraction of sp³-hybridized carbons (Fsp3) is 0.350. The molecule has 140 valence electrons. The Hall–Kier alpha value is -2.12. The summed E-state index contributed by atoms with van der Waals surface area (Å²) in [5, 5.41) is 3.75. The van der Waals surface area contributed by atoms with E-state index in [0.29, 0.717) is 11.1 Å². The molecule has 4 rings (SSSR count). The van der Waals surface area contributed by atoms with Gasteiger partial charge in [0.05, 0.1) is 10.6 Å². The number of rotatable bonds is 4. The van der Waals surface area contributed by atoms with E-state index in [1.165, 1.54) is 22.2 Å². The maximum Gasteiger partial charge on any atom is 0.260 e. The number of thioether (sulfide) groups is 1. The van der Waals surface area contributed by atoms with E-state index in [1.807, 2.05) is 37.3 Å². The SMILES string of the molecule is CC1CCc2c(sc3nc(SC(C)C(=O)Nc4ccccc4)[nH]c(=O)c23)C1. The zero-order chi connectivity index (χ0) is 19.0. The molecule has 2 aromatic heterocycles. The number of carbonyl (C=O) groups is 1. The first-order chi connectivity index (χ1) is 13.0. The molecule has 1 aromatic carbocycles. The Labute approximate surface area is 165 Å². The summed E-state index contributed by atoms with van der Waals surface area (Å²) in [6.45, 7) is 4.06. The molecule has 5 nitrogen and oxygen atoms in total. The predicted molar refractivity (Wildman–Crippen MR) is 112 cm³/mol. The van der Waals surface area contributed by atoms with Crippen molar-refractivity contribution >= 4 is 44.9 Å². The van der Waals surface area contributed by atoms with Gasteiger partial charge in [-0.3, -0.25) is 9.59 Å². The molecule has 1 amide bonds. The average molecular weight is 400 g/mol. The normalized spacial score (nSPS) is 17.5. The van der Waals surface area contributed by atoms with E-state index in [4.69, 9.17) is 0 Å². The van der Waals surface area contributed by atoms with Gasteiger partial charge in [0.25, 0.3) is 5.56 Å². The highest BCUT2D eigenvalue weighted by molar-refractivity contribution is 8.00. The predicted octanol–water partition coefficient (Wildman–Crippen LogP) is 4.23. The minimum Gasteiger partial charge on any atom is -0.325 e. The van der Waals surface area contributed by atoms with Gasteiger partial charge >= 0.3 is 0 Å². The van der Waals surface area contributed by atoms with Gasteiger partial charge in [0.2, 0.25) is 5.91 Å². The summed E-state index contributed by atoms with van der Waals surface area (Å²) < 4.78 is 0. The van der Waals surface area contributed by atoms with Gasteiger partial charge in [0.1, 0.15) is 4.83 Å². The maximum absolute atomic E-state index is 12.7. The highest BCUT2D eigenvalue weighted by atomic mass is 32.2. The molecular weight excluding hydrogens is 378 g/mol. The van der Waals surface area contributed by atoms with Crippen molar-refractivity contribution in [2.24, 2.45) is 5.92 Å². The highest BCUT2D eigenvalue weighted by Crippen LogP contribution is 2.36. The molecular formula is C20H21N3O2S2. The Morgan fingerprint density at radius 3 is 2.93 bits per heavy atom. The largest absolute Gasteiger partial charge is 0.325 e. The minimum absolute atomic E-state index is 0.0924. The number of hydrogen-bond donors (Lipinski definition) is 2. The van der Waals surface area contributed by atoms with Crippen LogP contribution < -0.4 is 10.9 Å². The number of H-pyrrole nitrogens is 1. The molecule has 2 heterocycles. The summed E-state index contributed by atoms with van der Waals surface area (Å²) in [6, 6.07) is 9.34. The van der Waals surface area contributed by atoms with E-state index in [1.54, 1.807) is 11.3 Å². The van der Waals surface area contributed by atoms with Gasteiger partial charge in [-0.15, -0.1) is 11.3 Å². The topological polar surface area (TPSA) is 74.8 Å². The number of aromatic nitrogens is 2. The number of aryl methyl sites for hydroxylation is 1. The number of aromatic amines is 1. The Morgan fingerprint density at radius 2 is 2.15 bits per heavy atom. The molecule has 2 unspecified atom stereocenters. The molecule has 3 aromatic rings. The first-order valence-corrected chi connectivity index (χ1v) is 10.8. The van der Waals surface area contributed by atoms with Crippen molar-refractivity contribution in [2.75, 3.05) is 5.32 Å². The molecule has 0 aliphatic heterocycles. The van der Waals surface area contributed by atoms with Crippen LogP contribution in [-0.4, -0.2) is 21.1 Å². The monoisotopic (exact) mass is 399 g/mol. The third-order valence-electron chi connectivity index (χ3n) is 4.84. The van der Waals surface area contributed by atoms with Gasteiger partial charge in [0, 0.05) is 10.6 Å². The zero-order valence-corrected chi connectivity index (χ0v) is 16.9. The number of hydrogen-bond acceptors (Lipinski definition) is 5. The summed E-state index contributed by atoms with van der Waals surface area (Å²) in [5.74, 6) is 0.536. The lowest BCUT2D eigenvalue weighted by atomic mass is 9.89. The van der Waals surface area contributed by atoms with Crippen molar-refractivity contribution in [3.63, 3.8) is 0 Å². The number of thiophene rings is 1. The lowest BCUT2D eigenvalue weighted by Gasteiger charge is -2.17. The molecule has 2 atom stereocenters. The highest BCUT2D eigenvalue weighted by Gasteiger charge is 2.24. The Bertz CT molecular complexity index is 1040. The van der Waals surface area contributed by atoms with Crippen LogP contribution >= 0.6 is 23.1 Å². The van der Waals surface area contributed by atoms with E-state index in [9.17, 15) is 9.59 Å². The lowest BCUT2D eigenvalue weighted by Crippen LogP contribution is -2.23. The van der Waals surface area contributed by atoms with E-state index in [-0.39, 0.29) is 16.7 Å². The number of benzene rings is 1. The summed E-state index contributed by atoms with van der Waals surface area (Å²) in [5.41, 5.74) is 1.84. The third kappa shape index (κ3) is 3.80. The van der Waals surface area contributed by atoms with Gasteiger partial charge in [-0.25, -0.2) is 4.98 Å². The second-order valence-corrected chi connectivity index (χ2v) is 9.43. The first kappa shape index (κ1) is 18.3. The van der Waals surface area contributed by atoms with Crippen LogP contribution in [0.2, 0.25) is 0 Å². The quantitative estimate of drug-likeness (QED) is 0.509. The van der Waals surface area contributed by atoms with Gasteiger partial charge in [-0.05, 0) is 49.8 Å². The fourth-order valence-corrected chi connectivity index (χ4v) is 5.61. The molecule has 0 bridgehead atoms. The van der Waals surface area contributed by atoms with Crippen molar-refractivity contribution in [1.82, 2.24) is 9.97 Å². The molecule has 0 fully saturated rings. The van der Waals surface area contributed by atoms with E-state index in [0.717, 1.165) is 35.2 Å². The Balaban J connectivity index is 1.55. The molecule has 27 heavy (non-hydrogen) atoms. The smallest absolute Gasteiger partial charge is 0.260 e. The van der Waals surface area contributed by atoms with Crippen LogP contribution in [0.4, 0.5) is 5.69 Å². The summed E-state index contributed by atoms with van der Waals surface area (Å²) in [7, 11) is 0. The molecule has 0 saturated carbocycles. The number of amides is 1. The van der Waals surface area contributed by atoms with Crippen LogP contribution in [0.5, 0.6) is 0 Å². The lowest BCUT2D eigenvalue weighted by molar-refractivity contribution is -0.115. The van der Waals surface area contributed by atoms with Crippen LogP contribution in [0, 0.1) is 5.92 Å². The molecule has 7 heteroatoms. The van der Waals surface area contributed by atoms with Gasteiger partial charge in [-0.1, -0.05) is 36.9 Å². The van der Waals surface area contributed by atoms with Crippen molar-refractivity contribution in [3.8, 4) is 0 Å². The van der Waals surface area contributed by atoms with Crippen LogP contribution in [0.25, 0.3) is 10.2 Å². The van der Waals surface area contributed by atoms with Crippen LogP contribution in [-0.2, 0) is 17.6 Å². The van der Waals surface area contributed by atoms with Crippen LogP contribution in [0.3, 0.4) is 0 Å². The zero-order valence-electron chi connectivity index (χ0n) is 15.2. The van der Waals surface area contributed by atoms with Crippen LogP contribution in [0.15, 0.2) is 40.3 Å². The molecule has 1 aliphatic carbocycles. The molecule has 0 radical (unpaired) electrons. The number of nitrogens with one attached hydrogen (secondary N) is 2. The summed E-state index contributed by atoms with van der Waals surface area (Å²) >= 11 is 2.90. The number of anilines is 1. The van der Waals surface area contributed by atoms with Crippen molar-refractivity contribution < 1.29 is 4.79 Å². The minimum atomic E-state index is -0.375. The third-order valence-corrected chi connectivity index (χ3v) is 6.98. The standard InChI is InChI=1S/C20H21N3O2S2/c1-11-8-9-14-15(10-11)27-19-16(14)18(25)22-20(23-19)26-12(2)17(24)21-13-6-4-3-5-7-13/h3-7,11-12H,8-10H2,1-2H3,(H,21,24)(H,22,23,25). The second kappa shape index (κ2) is 7.48. The number of nitrogens with zero attached hydrogens (tertiary/aromatic N) is 1. The van der Waals surface area contributed by atoms with Gasteiger partial charge in [0.15, 0.2) is 5.16 Å². The summed E-state index contributed by atoms with van der Waals surface area (Å²) in [6.07, 6.45) is 3.09. The van der Waals surface area contributed by atoms with E-state index >= 15 is 0 Å². The first-order valence-electron chi connectivity index (χ1n) is 9.08. The number of fused-ring (bicyclic) bond motifs is 3. The number of para-hydroxylation sites is 1. The fourth-order valence-electron chi connectivity index (χ4n) is 3.37. The molecule has 2 N–H and O–H groups in total. The van der Waals surface area contributed by atoms with E-state index < -0.39 is 0 Å².